The third-order valence-electron chi connectivity index (χ3n) is 5.90. The van der Waals surface area contributed by atoms with Crippen molar-refractivity contribution in [2.24, 2.45) is 5.92 Å². The van der Waals surface area contributed by atoms with E-state index >= 15 is 0 Å². The van der Waals surface area contributed by atoms with Gasteiger partial charge < -0.3 is 19.7 Å². The second-order valence-corrected chi connectivity index (χ2v) is 7.94. The molecule has 1 fully saturated rings. The number of anilines is 1. The van der Waals surface area contributed by atoms with Crippen molar-refractivity contribution in [1.29, 1.82) is 0 Å². The zero-order chi connectivity index (χ0) is 23.2. The number of piperidine rings is 1. The first-order valence-electron chi connectivity index (χ1n) is 10.9. The maximum atomic E-state index is 13.4. The van der Waals surface area contributed by atoms with Crippen LogP contribution in [0.3, 0.4) is 0 Å². The second kappa shape index (κ2) is 10.3. The molecular formula is C25H27FN4O3. The van der Waals surface area contributed by atoms with Gasteiger partial charge in [0.25, 0.3) is 0 Å². The third kappa shape index (κ3) is 5.39. The Morgan fingerprint density at radius 3 is 2.55 bits per heavy atom. The van der Waals surface area contributed by atoms with Crippen molar-refractivity contribution in [1.82, 2.24) is 15.5 Å². The maximum absolute atomic E-state index is 13.4. The molecule has 0 radical (unpaired) electrons. The van der Waals surface area contributed by atoms with Crippen LogP contribution in [0, 0.1) is 11.7 Å². The number of amides is 1. The number of benzene rings is 2. The van der Waals surface area contributed by atoms with E-state index in [1.165, 1.54) is 12.1 Å². The largest absolute Gasteiger partial charge is 0.497 e. The van der Waals surface area contributed by atoms with E-state index in [2.05, 4.69) is 20.4 Å². The molecule has 0 aliphatic carbocycles. The van der Waals surface area contributed by atoms with Crippen molar-refractivity contribution in [3.63, 3.8) is 0 Å². The zero-order valence-corrected chi connectivity index (χ0v) is 18.8. The number of nitrogens with one attached hydrogen (secondary N) is 1. The van der Waals surface area contributed by atoms with Gasteiger partial charge in [-0.1, -0.05) is 12.1 Å². The van der Waals surface area contributed by atoms with Crippen LogP contribution in [0.1, 0.15) is 18.4 Å². The van der Waals surface area contributed by atoms with E-state index in [0.29, 0.717) is 36.6 Å². The summed E-state index contributed by atoms with van der Waals surface area (Å²) < 4.78 is 24.1. The van der Waals surface area contributed by atoms with Crippen molar-refractivity contribution < 1.29 is 18.7 Å². The summed E-state index contributed by atoms with van der Waals surface area (Å²) >= 11 is 0. The van der Waals surface area contributed by atoms with Gasteiger partial charge in [0.1, 0.15) is 17.3 Å². The number of aromatic nitrogens is 2. The lowest BCUT2D eigenvalue weighted by atomic mass is 9.95. The Hall–Kier alpha value is -3.68. The van der Waals surface area contributed by atoms with Gasteiger partial charge >= 0.3 is 0 Å². The van der Waals surface area contributed by atoms with E-state index in [0.717, 1.165) is 30.0 Å². The van der Waals surface area contributed by atoms with Crippen molar-refractivity contribution in [2.75, 3.05) is 32.2 Å². The van der Waals surface area contributed by atoms with E-state index < -0.39 is 0 Å². The predicted molar refractivity (Wildman–Crippen MR) is 124 cm³/mol. The van der Waals surface area contributed by atoms with Crippen LogP contribution in [0.5, 0.6) is 11.5 Å². The van der Waals surface area contributed by atoms with Gasteiger partial charge in [-0.2, -0.15) is 0 Å². The highest BCUT2D eigenvalue weighted by atomic mass is 19.1. The smallest absolute Gasteiger partial charge is 0.223 e. The van der Waals surface area contributed by atoms with Gasteiger partial charge in [-0.3, -0.25) is 4.79 Å². The number of nitrogens with zero attached hydrogens (tertiary/aromatic N) is 3. The lowest BCUT2D eigenvalue weighted by Gasteiger charge is -2.31. The number of rotatable bonds is 7. The Morgan fingerprint density at radius 2 is 1.88 bits per heavy atom. The molecule has 172 valence electrons. The molecule has 1 aromatic heterocycles. The van der Waals surface area contributed by atoms with E-state index in [4.69, 9.17) is 9.47 Å². The van der Waals surface area contributed by atoms with E-state index in [-0.39, 0.29) is 17.6 Å². The molecule has 1 aliphatic rings. The first kappa shape index (κ1) is 22.5. The van der Waals surface area contributed by atoms with Crippen LogP contribution < -0.4 is 19.7 Å². The summed E-state index contributed by atoms with van der Waals surface area (Å²) in [5.41, 5.74) is 2.19. The van der Waals surface area contributed by atoms with Crippen LogP contribution in [0.2, 0.25) is 0 Å². The molecule has 0 atom stereocenters. The number of carbonyl (C=O) groups is 1. The molecule has 1 amide bonds. The molecule has 7 nitrogen and oxygen atoms in total. The summed E-state index contributed by atoms with van der Waals surface area (Å²) in [6, 6.07) is 15.6. The average Bonchev–Trinajstić information content (AvgIpc) is 2.87. The van der Waals surface area contributed by atoms with Gasteiger partial charge in [-0.15, -0.1) is 10.2 Å². The van der Waals surface area contributed by atoms with E-state index in [9.17, 15) is 9.18 Å². The number of hydrogen-bond acceptors (Lipinski definition) is 6. The fourth-order valence-corrected chi connectivity index (χ4v) is 4.01. The molecule has 0 spiro atoms. The molecular weight excluding hydrogens is 423 g/mol. The summed E-state index contributed by atoms with van der Waals surface area (Å²) in [4.78, 5) is 14.9. The standard InChI is InChI=1S/C25H27FN4O3/c1-32-21-6-8-23(33-2)19(15-21)16-27-25(31)17-10-12-30(13-11-17)24-9-7-22(28-29-24)18-4-3-5-20(26)14-18/h3-9,14-15,17H,10-13,16H2,1-2H3,(H,27,31). The van der Waals surface area contributed by atoms with E-state index in [1.54, 1.807) is 26.4 Å². The number of methoxy groups -OCH3 is 2. The molecule has 4 rings (SSSR count). The molecule has 1 N–H and O–H groups in total. The monoisotopic (exact) mass is 450 g/mol. The van der Waals surface area contributed by atoms with Gasteiger partial charge in [-0.05, 0) is 55.3 Å². The van der Waals surface area contributed by atoms with Crippen LogP contribution in [0.15, 0.2) is 54.6 Å². The molecule has 0 unspecified atom stereocenters. The fraction of sp³-hybridized carbons (Fsp3) is 0.320. The van der Waals surface area contributed by atoms with Gasteiger partial charge in [0.05, 0.1) is 19.9 Å². The lowest BCUT2D eigenvalue weighted by Crippen LogP contribution is -2.40. The van der Waals surface area contributed by atoms with Crippen molar-refractivity contribution in [2.45, 2.75) is 19.4 Å². The average molecular weight is 451 g/mol. The van der Waals surface area contributed by atoms with Crippen LogP contribution >= 0.6 is 0 Å². The molecule has 8 heteroatoms. The fourth-order valence-electron chi connectivity index (χ4n) is 4.01. The minimum atomic E-state index is -0.302. The minimum absolute atomic E-state index is 0.0343. The molecule has 3 aromatic rings. The van der Waals surface area contributed by atoms with Gasteiger partial charge in [-0.25, -0.2) is 4.39 Å². The zero-order valence-electron chi connectivity index (χ0n) is 18.8. The maximum Gasteiger partial charge on any atom is 0.223 e. The summed E-state index contributed by atoms with van der Waals surface area (Å²) in [5.74, 6) is 1.87. The Labute approximate surface area is 192 Å². The predicted octanol–water partition coefficient (Wildman–Crippen LogP) is 3.83. The molecule has 0 saturated carbocycles. The van der Waals surface area contributed by atoms with Crippen molar-refractivity contribution >= 4 is 11.7 Å². The highest BCUT2D eigenvalue weighted by molar-refractivity contribution is 5.79. The molecule has 0 bridgehead atoms. The third-order valence-corrected chi connectivity index (χ3v) is 5.90. The van der Waals surface area contributed by atoms with Gasteiger partial charge in [0.15, 0.2) is 5.82 Å². The SMILES string of the molecule is COc1ccc(OC)c(CNC(=O)C2CCN(c3ccc(-c4cccc(F)c4)nn3)CC2)c1. The highest BCUT2D eigenvalue weighted by Crippen LogP contribution is 2.26. The quantitative estimate of drug-likeness (QED) is 0.590. The first-order chi connectivity index (χ1) is 16.1. The number of carbonyl (C=O) groups excluding carboxylic acids is 1. The van der Waals surface area contributed by atoms with Gasteiger partial charge in [0, 0.05) is 36.7 Å². The molecule has 2 heterocycles. The second-order valence-electron chi connectivity index (χ2n) is 7.94. The Balaban J connectivity index is 1.31. The summed E-state index contributed by atoms with van der Waals surface area (Å²) in [6.07, 6.45) is 1.46. The summed E-state index contributed by atoms with van der Waals surface area (Å²) in [7, 11) is 3.22. The van der Waals surface area contributed by atoms with Crippen molar-refractivity contribution in [3.05, 3.63) is 66.0 Å². The minimum Gasteiger partial charge on any atom is -0.497 e. The summed E-state index contributed by atoms with van der Waals surface area (Å²) in [6.45, 7) is 1.82. The van der Waals surface area contributed by atoms with E-state index in [1.807, 2.05) is 30.3 Å². The lowest BCUT2D eigenvalue weighted by molar-refractivity contribution is -0.125. The van der Waals surface area contributed by atoms with Crippen LogP contribution in [-0.2, 0) is 11.3 Å². The normalized spacial score (nSPS) is 14.1. The topological polar surface area (TPSA) is 76.6 Å². The highest BCUT2D eigenvalue weighted by Gasteiger charge is 2.26. The number of halogens is 1. The number of ether oxygens (including phenoxy) is 2. The Kier molecular flexibility index (Phi) is 7.02. The summed E-state index contributed by atoms with van der Waals surface area (Å²) in [5, 5.41) is 11.6. The first-order valence-corrected chi connectivity index (χ1v) is 10.9. The van der Waals surface area contributed by atoms with Crippen LogP contribution in [-0.4, -0.2) is 43.4 Å². The Morgan fingerprint density at radius 1 is 1.06 bits per heavy atom. The molecule has 2 aromatic carbocycles. The molecule has 33 heavy (non-hydrogen) atoms. The van der Waals surface area contributed by atoms with Crippen LogP contribution in [0.4, 0.5) is 10.2 Å². The van der Waals surface area contributed by atoms with Crippen LogP contribution in [0.25, 0.3) is 11.3 Å². The van der Waals surface area contributed by atoms with Gasteiger partial charge in [0.2, 0.25) is 5.91 Å². The molecule has 1 aliphatic heterocycles. The van der Waals surface area contributed by atoms with Crippen molar-refractivity contribution in [3.8, 4) is 22.8 Å². The number of hydrogen-bond donors (Lipinski definition) is 1. The molecule has 1 saturated heterocycles. The Bertz CT molecular complexity index is 1100.